The Kier molecular flexibility index (Phi) is 5.33. The Morgan fingerprint density at radius 2 is 1.94 bits per heavy atom. The number of hydrogen-bond donors (Lipinski definition) is 0. The highest BCUT2D eigenvalue weighted by molar-refractivity contribution is 5.93. The van der Waals surface area contributed by atoms with Gasteiger partial charge in [0.2, 0.25) is 0 Å². The maximum atomic E-state index is 13.4. The largest absolute Gasteiger partial charge is 0.443 e. The third kappa shape index (κ3) is 3.95. The van der Waals surface area contributed by atoms with Crippen LogP contribution in [-0.4, -0.2) is 46.2 Å². The number of aryl methyl sites for hydroxylation is 2. The van der Waals surface area contributed by atoms with E-state index in [9.17, 15) is 4.79 Å². The second-order valence-electron chi connectivity index (χ2n) is 10.0. The summed E-state index contributed by atoms with van der Waals surface area (Å²) in [6, 6.07) is 4.07. The van der Waals surface area contributed by atoms with E-state index in [1.54, 1.807) is 11.7 Å². The van der Waals surface area contributed by atoms with Gasteiger partial charge in [-0.3, -0.25) is 0 Å². The Hall–Kier alpha value is -2.71. The van der Waals surface area contributed by atoms with Crippen LogP contribution >= 0.6 is 0 Å². The first-order chi connectivity index (χ1) is 15.7. The number of nitrogens with zero attached hydrogens (tertiary/aromatic N) is 3. The van der Waals surface area contributed by atoms with E-state index in [1.807, 2.05) is 40.7 Å². The smallest absolute Gasteiger partial charge is 0.420 e. The molecule has 0 radical (unpaired) electrons. The molecule has 0 bridgehead atoms. The summed E-state index contributed by atoms with van der Waals surface area (Å²) in [5.74, 6) is 1.72. The summed E-state index contributed by atoms with van der Waals surface area (Å²) in [7, 11) is 1.69. The van der Waals surface area contributed by atoms with E-state index in [0.717, 1.165) is 65.4 Å². The van der Waals surface area contributed by atoms with Gasteiger partial charge in [-0.1, -0.05) is 5.16 Å². The number of fused-ring (bicyclic) bond motifs is 1. The van der Waals surface area contributed by atoms with E-state index in [0.29, 0.717) is 5.52 Å². The summed E-state index contributed by atoms with van der Waals surface area (Å²) in [5.41, 5.74) is 4.34. The Balaban J connectivity index is 1.77. The molecular formula is C25H31N3O5. The number of methoxy groups -OCH3 is 1. The summed E-state index contributed by atoms with van der Waals surface area (Å²) in [6.07, 6.45) is 2.18. The van der Waals surface area contributed by atoms with Gasteiger partial charge in [-0.25, -0.2) is 14.3 Å². The molecule has 2 aliphatic rings. The lowest BCUT2D eigenvalue weighted by molar-refractivity contribution is -0.129. The van der Waals surface area contributed by atoms with Crippen LogP contribution < -0.4 is 0 Å². The van der Waals surface area contributed by atoms with Gasteiger partial charge in [-0.05, 0) is 71.6 Å². The number of ether oxygens (including phenoxy) is 3. The predicted molar refractivity (Wildman–Crippen MR) is 122 cm³/mol. The molecule has 1 saturated carbocycles. The van der Waals surface area contributed by atoms with Crippen molar-refractivity contribution in [2.45, 2.75) is 77.6 Å². The first-order valence-corrected chi connectivity index (χ1v) is 11.5. The molecule has 0 N–H and O–H groups in total. The first-order valence-electron chi connectivity index (χ1n) is 11.5. The summed E-state index contributed by atoms with van der Waals surface area (Å²) in [5, 5.41) is 4.13. The van der Waals surface area contributed by atoms with Crippen molar-refractivity contribution in [3.63, 3.8) is 0 Å². The summed E-state index contributed by atoms with van der Waals surface area (Å²) < 4.78 is 24.6. The van der Waals surface area contributed by atoms with Gasteiger partial charge in [0.25, 0.3) is 0 Å². The fourth-order valence-corrected chi connectivity index (χ4v) is 4.56. The minimum atomic E-state index is -0.620. The standard InChI is InChI=1S/C25H31N3O5/c1-13-20(14(2)33-27-13)16-11-17(22(30-6)19-9-10-31-19)21-18(12-16)28(23(26-21)15-7-8-15)24(29)32-25(3,4)5/h11-12,15,19,22H,7-10H2,1-6H3. The molecule has 1 aliphatic carbocycles. The molecule has 8 nitrogen and oxygen atoms in total. The van der Waals surface area contributed by atoms with Gasteiger partial charge < -0.3 is 18.7 Å². The third-order valence-corrected chi connectivity index (χ3v) is 6.29. The van der Waals surface area contributed by atoms with E-state index < -0.39 is 11.7 Å². The molecular weight excluding hydrogens is 422 g/mol. The van der Waals surface area contributed by atoms with Crippen LogP contribution in [0.3, 0.4) is 0 Å². The highest BCUT2D eigenvalue weighted by atomic mass is 16.6. The van der Waals surface area contributed by atoms with Crippen LogP contribution in [0, 0.1) is 13.8 Å². The summed E-state index contributed by atoms with van der Waals surface area (Å²) >= 11 is 0. The quantitative estimate of drug-likeness (QED) is 0.508. The van der Waals surface area contributed by atoms with Gasteiger partial charge in [0.15, 0.2) is 0 Å². The van der Waals surface area contributed by atoms with Crippen molar-refractivity contribution >= 4 is 17.1 Å². The zero-order chi connectivity index (χ0) is 23.5. The number of hydrogen-bond acceptors (Lipinski definition) is 7. The van der Waals surface area contributed by atoms with Crippen LogP contribution in [0.25, 0.3) is 22.2 Å². The molecule has 2 unspecified atom stereocenters. The van der Waals surface area contributed by atoms with Crippen molar-refractivity contribution in [2.75, 3.05) is 13.7 Å². The van der Waals surface area contributed by atoms with Crippen molar-refractivity contribution in [1.29, 1.82) is 0 Å². The van der Waals surface area contributed by atoms with Crippen LogP contribution in [0.2, 0.25) is 0 Å². The Bertz CT molecular complexity index is 1190. The molecule has 3 aromatic rings. The second kappa shape index (κ2) is 7.95. The number of rotatable bonds is 5. The normalized spacial score (nSPS) is 19.5. The summed E-state index contributed by atoms with van der Waals surface area (Å²) in [6.45, 7) is 10.1. The van der Waals surface area contributed by atoms with Crippen molar-refractivity contribution in [3.8, 4) is 11.1 Å². The fourth-order valence-electron chi connectivity index (χ4n) is 4.56. The van der Waals surface area contributed by atoms with E-state index in [1.165, 1.54) is 0 Å². The lowest BCUT2D eigenvalue weighted by Crippen LogP contribution is -2.34. The topological polar surface area (TPSA) is 88.6 Å². The van der Waals surface area contributed by atoms with Gasteiger partial charge in [0, 0.05) is 30.8 Å². The third-order valence-electron chi connectivity index (χ3n) is 6.29. The highest BCUT2D eigenvalue weighted by Gasteiger charge is 2.37. The van der Waals surface area contributed by atoms with E-state index >= 15 is 0 Å². The maximum absolute atomic E-state index is 13.4. The molecule has 3 heterocycles. The molecule has 1 aromatic carbocycles. The molecule has 2 aromatic heterocycles. The maximum Gasteiger partial charge on any atom is 0.420 e. The Morgan fingerprint density at radius 1 is 1.21 bits per heavy atom. The van der Waals surface area contributed by atoms with Crippen LogP contribution in [-0.2, 0) is 14.2 Å². The summed E-state index contributed by atoms with van der Waals surface area (Å²) in [4.78, 5) is 18.4. The van der Waals surface area contributed by atoms with Crippen molar-refractivity contribution in [3.05, 3.63) is 35.0 Å². The van der Waals surface area contributed by atoms with Crippen molar-refractivity contribution < 1.29 is 23.5 Å². The van der Waals surface area contributed by atoms with E-state index in [-0.39, 0.29) is 18.1 Å². The minimum absolute atomic E-state index is 0.0471. The monoisotopic (exact) mass is 453 g/mol. The molecule has 5 rings (SSSR count). The van der Waals surface area contributed by atoms with E-state index in [2.05, 4.69) is 11.2 Å². The van der Waals surface area contributed by atoms with Crippen LogP contribution in [0.1, 0.15) is 74.9 Å². The molecule has 176 valence electrons. The zero-order valence-electron chi connectivity index (χ0n) is 20.1. The fraction of sp³-hybridized carbons (Fsp3) is 0.560. The van der Waals surface area contributed by atoms with E-state index in [4.69, 9.17) is 23.7 Å². The lowest BCUT2D eigenvalue weighted by atomic mass is 9.93. The Labute approximate surface area is 193 Å². The van der Waals surface area contributed by atoms with Crippen LogP contribution in [0.4, 0.5) is 4.79 Å². The molecule has 2 fully saturated rings. The van der Waals surface area contributed by atoms with Crippen LogP contribution in [0.15, 0.2) is 16.7 Å². The SMILES string of the molecule is COC(c1cc(-c2c(C)noc2C)cc2c1nc(C1CC1)n2C(=O)OC(C)(C)C)C1CCO1. The molecule has 1 aliphatic heterocycles. The van der Waals surface area contributed by atoms with Crippen LogP contribution in [0.5, 0.6) is 0 Å². The number of carbonyl (C=O) groups excluding carboxylic acids is 1. The van der Waals surface area contributed by atoms with Crippen molar-refractivity contribution in [2.24, 2.45) is 0 Å². The zero-order valence-corrected chi connectivity index (χ0v) is 20.1. The average molecular weight is 454 g/mol. The first kappa shape index (κ1) is 22.1. The van der Waals surface area contributed by atoms with Crippen molar-refractivity contribution in [1.82, 2.24) is 14.7 Å². The van der Waals surface area contributed by atoms with Gasteiger partial charge in [0.1, 0.15) is 23.3 Å². The minimum Gasteiger partial charge on any atom is -0.443 e. The molecule has 8 heteroatoms. The van der Waals surface area contributed by atoms with Gasteiger partial charge in [-0.2, -0.15) is 0 Å². The lowest BCUT2D eigenvalue weighted by Gasteiger charge is -2.33. The van der Waals surface area contributed by atoms with Gasteiger partial charge in [0.05, 0.1) is 22.8 Å². The second-order valence-corrected chi connectivity index (χ2v) is 10.0. The average Bonchev–Trinajstić information content (AvgIpc) is 3.39. The molecule has 2 atom stereocenters. The number of imidazole rings is 1. The highest BCUT2D eigenvalue weighted by Crippen LogP contribution is 2.44. The number of benzene rings is 1. The molecule has 33 heavy (non-hydrogen) atoms. The predicted octanol–water partition coefficient (Wildman–Crippen LogP) is 5.45. The Morgan fingerprint density at radius 3 is 2.45 bits per heavy atom. The molecule has 0 amide bonds. The molecule has 1 saturated heterocycles. The molecule has 0 spiro atoms. The van der Waals surface area contributed by atoms with Gasteiger partial charge >= 0.3 is 6.09 Å². The number of aromatic nitrogens is 3. The van der Waals surface area contributed by atoms with Gasteiger partial charge in [-0.15, -0.1) is 0 Å². The number of carbonyl (C=O) groups is 1.